The molecule has 0 aliphatic carbocycles. The molecule has 0 atom stereocenters. The Hall–Kier alpha value is -1.96. The third kappa shape index (κ3) is 1.87. The first-order valence-corrected chi connectivity index (χ1v) is 7.35. The van der Waals surface area contributed by atoms with Crippen LogP contribution in [0.25, 0.3) is 11.1 Å². The van der Waals surface area contributed by atoms with Gasteiger partial charge in [-0.3, -0.25) is 0 Å². The fourth-order valence-electron chi connectivity index (χ4n) is 3.21. The molecule has 0 amide bonds. The topological polar surface area (TPSA) is 29.5 Å². The van der Waals surface area contributed by atoms with E-state index in [0.717, 1.165) is 48.3 Å². The zero-order chi connectivity index (χ0) is 14.1. The van der Waals surface area contributed by atoms with E-state index in [1.54, 1.807) is 0 Å². The third-order valence-corrected chi connectivity index (χ3v) is 4.10. The second-order valence-corrected chi connectivity index (χ2v) is 5.16. The van der Waals surface area contributed by atoms with Gasteiger partial charge in [0.1, 0.15) is 11.5 Å². The quantitative estimate of drug-likeness (QED) is 0.907. The second kappa shape index (κ2) is 5.20. The summed E-state index contributed by atoms with van der Waals surface area (Å²) >= 11 is 0. The van der Waals surface area contributed by atoms with Crippen molar-refractivity contribution in [3.05, 3.63) is 47.0 Å². The summed E-state index contributed by atoms with van der Waals surface area (Å²) in [5.41, 5.74) is 5.42. The maximum absolute atomic E-state index is 10.8. The fraction of sp³-hybridized carbons (Fsp3) is 0.333. The number of hydrogen-bond acceptors (Lipinski definition) is 2. The molecule has 20 heavy (non-hydrogen) atoms. The van der Waals surface area contributed by atoms with Crippen LogP contribution < -0.4 is 4.74 Å². The van der Waals surface area contributed by atoms with Crippen LogP contribution in [-0.4, -0.2) is 11.7 Å². The molecule has 0 saturated carbocycles. The summed E-state index contributed by atoms with van der Waals surface area (Å²) in [4.78, 5) is 0. The van der Waals surface area contributed by atoms with Gasteiger partial charge in [-0.1, -0.05) is 44.2 Å². The average molecular weight is 268 g/mol. The Morgan fingerprint density at radius 2 is 1.75 bits per heavy atom. The monoisotopic (exact) mass is 268 g/mol. The number of phenols is 1. The van der Waals surface area contributed by atoms with Crippen molar-refractivity contribution in [2.75, 3.05) is 6.61 Å². The number of hydrogen-bond donors (Lipinski definition) is 1. The van der Waals surface area contributed by atoms with Gasteiger partial charge < -0.3 is 9.84 Å². The molecule has 0 aromatic heterocycles. The van der Waals surface area contributed by atoms with E-state index in [2.05, 4.69) is 26.0 Å². The molecule has 1 aliphatic heterocycles. The summed E-state index contributed by atoms with van der Waals surface area (Å²) in [6.45, 7) is 4.93. The minimum atomic E-state index is 0.444. The highest BCUT2D eigenvalue weighted by Crippen LogP contribution is 2.46. The summed E-state index contributed by atoms with van der Waals surface area (Å²) in [5.74, 6) is 1.46. The molecule has 0 unspecified atom stereocenters. The second-order valence-electron chi connectivity index (χ2n) is 5.16. The van der Waals surface area contributed by atoms with Gasteiger partial charge in [0.15, 0.2) is 0 Å². The summed E-state index contributed by atoms with van der Waals surface area (Å²) in [6, 6.07) is 10.1. The summed E-state index contributed by atoms with van der Waals surface area (Å²) in [6.07, 6.45) is 2.60. The molecule has 104 valence electrons. The zero-order valence-electron chi connectivity index (χ0n) is 12.1. The van der Waals surface area contributed by atoms with Crippen molar-refractivity contribution in [2.24, 2.45) is 0 Å². The lowest BCUT2D eigenvalue weighted by molar-refractivity contribution is 0.353. The minimum Gasteiger partial charge on any atom is -0.507 e. The van der Waals surface area contributed by atoms with Crippen LogP contribution in [0.5, 0.6) is 11.5 Å². The van der Waals surface area contributed by atoms with Crippen LogP contribution in [0.3, 0.4) is 0 Å². The molecule has 0 bridgehead atoms. The Morgan fingerprint density at radius 1 is 1.05 bits per heavy atom. The smallest absolute Gasteiger partial charge is 0.127 e. The average Bonchev–Trinajstić information content (AvgIpc) is 2.95. The van der Waals surface area contributed by atoms with Crippen LogP contribution in [0.1, 0.15) is 30.5 Å². The zero-order valence-corrected chi connectivity index (χ0v) is 12.1. The first-order valence-electron chi connectivity index (χ1n) is 7.35. The van der Waals surface area contributed by atoms with Crippen molar-refractivity contribution in [3.8, 4) is 22.6 Å². The molecule has 1 heterocycles. The number of aromatic hydroxyl groups is 1. The predicted molar refractivity (Wildman–Crippen MR) is 81.5 cm³/mol. The van der Waals surface area contributed by atoms with E-state index in [-0.39, 0.29) is 0 Å². The minimum absolute atomic E-state index is 0.444. The van der Waals surface area contributed by atoms with E-state index in [9.17, 15) is 5.11 Å². The maximum atomic E-state index is 10.8. The molecule has 2 nitrogen and oxygen atoms in total. The van der Waals surface area contributed by atoms with E-state index >= 15 is 0 Å². The molecule has 2 aromatic rings. The van der Waals surface area contributed by atoms with E-state index in [4.69, 9.17) is 4.74 Å². The first-order chi connectivity index (χ1) is 9.77. The number of ether oxygens (including phenoxy) is 1. The van der Waals surface area contributed by atoms with E-state index in [0.29, 0.717) is 5.75 Å². The highest BCUT2D eigenvalue weighted by Gasteiger charge is 2.27. The van der Waals surface area contributed by atoms with Crippen LogP contribution in [0, 0.1) is 0 Å². The Morgan fingerprint density at radius 3 is 2.40 bits per heavy atom. The van der Waals surface area contributed by atoms with Gasteiger partial charge in [0, 0.05) is 28.7 Å². The van der Waals surface area contributed by atoms with Gasteiger partial charge in [-0.05, 0) is 18.4 Å². The van der Waals surface area contributed by atoms with Gasteiger partial charge in [0.2, 0.25) is 0 Å². The number of rotatable bonds is 3. The van der Waals surface area contributed by atoms with E-state index in [1.165, 1.54) is 11.1 Å². The molecular weight excluding hydrogens is 248 g/mol. The number of phenolic OH excluding ortho intramolecular Hbond substituents is 1. The van der Waals surface area contributed by atoms with Gasteiger partial charge in [0.05, 0.1) is 6.61 Å². The molecule has 1 N–H and O–H groups in total. The van der Waals surface area contributed by atoms with Crippen LogP contribution >= 0.6 is 0 Å². The largest absolute Gasteiger partial charge is 0.507 e. The molecule has 0 radical (unpaired) electrons. The van der Waals surface area contributed by atoms with Gasteiger partial charge >= 0.3 is 0 Å². The Bertz CT molecular complexity index is 626. The Labute approximate surface area is 120 Å². The fourth-order valence-corrected chi connectivity index (χ4v) is 3.21. The lowest BCUT2D eigenvalue weighted by Gasteiger charge is -2.18. The van der Waals surface area contributed by atoms with Crippen molar-refractivity contribution in [2.45, 2.75) is 33.1 Å². The summed E-state index contributed by atoms with van der Waals surface area (Å²) in [5, 5.41) is 10.8. The van der Waals surface area contributed by atoms with E-state index < -0.39 is 0 Å². The van der Waals surface area contributed by atoms with Crippen molar-refractivity contribution in [1.29, 1.82) is 0 Å². The van der Waals surface area contributed by atoms with Crippen molar-refractivity contribution < 1.29 is 9.84 Å². The highest BCUT2D eigenvalue weighted by molar-refractivity contribution is 5.80. The summed E-state index contributed by atoms with van der Waals surface area (Å²) in [7, 11) is 0. The molecule has 2 aromatic carbocycles. The molecule has 0 saturated heterocycles. The molecule has 1 aliphatic rings. The summed E-state index contributed by atoms with van der Waals surface area (Å²) < 4.78 is 5.87. The van der Waals surface area contributed by atoms with E-state index in [1.807, 2.05) is 18.2 Å². The van der Waals surface area contributed by atoms with Crippen molar-refractivity contribution >= 4 is 0 Å². The molecule has 0 spiro atoms. The lowest BCUT2D eigenvalue weighted by atomic mass is 9.89. The lowest BCUT2D eigenvalue weighted by Crippen LogP contribution is -1.99. The Balaban J connectivity index is 2.33. The molecular formula is C18H20O2. The molecule has 3 rings (SSSR count). The first kappa shape index (κ1) is 13.0. The van der Waals surface area contributed by atoms with Crippen LogP contribution in [0.15, 0.2) is 30.3 Å². The highest BCUT2D eigenvalue weighted by atomic mass is 16.5. The molecule has 2 heteroatoms. The van der Waals surface area contributed by atoms with Crippen LogP contribution in [0.2, 0.25) is 0 Å². The van der Waals surface area contributed by atoms with Crippen LogP contribution in [-0.2, 0) is 19.3 Å². The van der Waals surface area contributed by atoms with Crippen molar-refractivity contribution in [3.63, 3.8) is 0 Å². The van der Waals surface area contributed by atoms with Gasteiger partial charge in [-0.2, -0.15) is 0 Å². The number of fused-ring (bicyclic) bond motifs is 1. The number of benzene rings is 2. The van der Waals surface area contributed by atoms with Gasteiger partial charge in [0.25, 0.3) is 0 Å². The maximum Gasteiger partial charge on any atom is 0.127 e. The third-order valence-electron chi connectivity index (χ3n) is 4.10. The Kier molecular flexibility index (Phi) is 3.39. The normalized spacial score (nSPS) is 13.1. The van der Waals surface area contributed by atoms with Crippen LogP contribution in [0.4, 0.5) is 0 Å². The molecule has 0 fully saturated rings. The predicted octanol–water partition coefficient (Wildman–Crippen LogP) is 4.12. The SMILES string of the molecule is CCc1c(O)c(-c2ccccc2)c2c(c1CC)OCC2. The standard InChI is InChI=1S/C18H20O2/c1-3-13-14(4-2)18-15(10-11-20-18)16(17(13)19)12-8-6-5-7-9-12/h5-9,19H,3-4,10-11H2,1-2H3. The van der Waals surface area contributed by atoms with Gasteiger partial charge in [-0.15, -0.1) is 0 Å². The van der Waals surface area contributed by atoms with Crippen molar-refractivity contribution in [1.82, 2.24) is 0 Å². The van der Waals surface area contributed by atoms with Gasteiger partial charge in [-0.25, -0.2) is 0 Å².